The first-order valence-corrected chi connectivity index (χ1v) is 7.22. The minimum absolute atomic E-state index is 0.351. The van der Waals surface area contributed by atoms with Crippen molar-refractivity contribution in [3.8, 4) is 11.5 Å². The van der Waals surface area contributed by atoms with Crippen LogP contribution >= 0.6 is 0 Å². The summed E-state index contributed by atoms with van der Waals surface area (Å²) in [6.45, 7) is 2.02. The van der Waals surface area contributed by atoms with Gasteiger partial charge in [0.1, 0.15) is 0 Å². The highest BCUT2D eigenvalue weighted by Gasteiger charge is 2.10. The van der Waals surface area contributed by atoms with Crippen LogP contribution in [-0.2, 0) is 11.2 Å². The number of methoxy groups -OCH3 is 1. The molecule has 0 fully saturated rings. The number of benzene rings is 2. The molecule has 0 spiro atoms. The van der Waals surface area contributed by atoms with E-state index < -0.39 is 0 Å². The Hall–Kier alpha value is -2.95. The lowest BCUT2D eigenvalue weighted by Gasteiger charge is -2.01. The number of rotatable bonds is 4. The minimum Gasteiger partial charge on any atom is -0.465 e. The van der Waals surface area contributed by atoms with Crippen LogP contribution in [0.2, 0.25) is 0 Å². The molecule has 0 unspecified atom stereocenters. The third kappa shape index (κ3) is 3.45. The van der Waals surface area contributed by atoms with Crippen molar-refractivity contribution < 1.29 is 13.9 Å². The molecule has 3 rings (SSSR count). The van der Waals surface area contributed by atoms with Crippen LogP contribution < -0.4 is 0 Å². The van der Waals surface area contributed by atoms with E-state index in [9.17, 15) is 4.79 Å². The number of nitrogens with zero attached hydrogens (tertiary/aromatic N) is 2. The van der Waals surface area contributed by atoms with Crippen LogP contribution in [0.3, 0.4) is 0 Å². The quantitative estimate of drug-likeness (QED) is 0.691. The Bertz CT molecular complexity index is 822. The summed E-state index contributed by atoms with van der Waals surface area (Å²) in [5.74, 6) is 0.693. The van der Waals surface area contributed by atoms with Gasteiger partial charge in [0.2, 0.25) is 11.8 Å². The number of hydrogen-bond acceptors (Lipinski definition) is 5. The largest absolute Gasteiger partial charge is 0.465 e. The molecule has 23 heavy (non-hydrogen) atoms. The summed E-state index contributed by atoms with van der Waals surface area (Å²) in [6.07, 6.45) is 0.514. The van der Waals surface area contributed by atoms with Gasteiger partial charge in [-0.15, -0.1) is 10.2 Å². The van der Waals surface area contributed by atoms with Crippen LogP contribution in [0.5, 0.6) is 0 Å². The average Bonchev–Trinajstić information content (AvgIpc) is 3.03. The number of ether oxygens (including phenoxy) is 1. The van der Waals surface area contributed by atoms with E-state index in [1.54, 1.807) is 12.1 Å². The van der Waals surface area contributed by atoms with Gasteiger partial charge in [-0.1, -0.05) is 29.8 Å². The predicted molar refractivity (Wildman–Crippen MR) is 85.1 cm³/mol. The molecule has 0 atom stereocenters. The molecule has 5 nitrogen and oxygen atoms in total. The van der Waals surface area contributed by atoms with Crippen molar-refractivity contribution in [1.82, 2.24) is 10.2 Å². The molecule has 116 valence electrons. The Labute approximate surface area is 133 Å². The number of carbonyl (C=O) groups excluding carboxylic acids is 1. The number of hydrogen-bond donors (Lipinski definition) is 0. The van der Waals surface area contributed by atoms with Gasteiger partial charge in [0, 0.05) is 5.56 Å². The van der Waals surface area contributed by atoms with Gasteiger partial charge < -0.3 is 9.15 Å². The highest BCUT2D eigenvalue weighted by atomic mass is 16.5. The molecule has 0 saturated carbocycles. The molecule has 3 aromatic rings. The number of esters is 1. The Balaban J connectivity index is 1.75. The topological polar surface area (TPSA) is 65.2 Å². The standard InChI is InChI=1S/C18H16N2O3/c1-12-4-3-5-15(10-12)17-20-19-16(23-17)11-13-6-8-14(9-7-13)18(21)22-2/h3-10H,11H2,1-2H3. The molecule has 0 bridgehead atoms. The Kier molecular flexibility index (Phi) is 4.19. The third-order valence-corrected chi connectivity index (χ3v) is 3.46. The second-order valence-corrected chi connectivity index (χ2v) is 5.24. The zero-order valence-electron chi connectivity index (χ0n) is 12.9. The molecule has 0 N–H and O–H groups in total. The number of aromatic nitrogens is 2. The van der Waals surface area contributed by atoms with Gasteiger partial charge in [0.25, 0.3) is 0 Å². The predicted octanol–water partition coefficient (Wildman–Crippen LogP) is 3.42. The first-order chi connectivity index (χ1) is 11.2. The van der Waals surface area contributed by atoms with Crippen LogP contribution in [0, 0.1) is 6.92 Å². The van der Waals surface area contributed by atoms with Crippen LogP contribution in [0.15, 0.2) is 52.9 Å². The van der Waals surface area contributed by atoms with E-state index in [0.29, 0.717) is 23.8 Å². The van der Waals surface area contributed by atoms with Crippen molar-refractivity contribution in [2.24, 2.45) is 0 Å². The van der Waals surface area contributed by atoms with E-state index in [2.05, 4.69) is 14.9 Å². The zero-order valence-corrected chi connectivity index (χ0v) is 12.9. The second kappa shape index (κ2) is 6.44. The van der Waals surface area contributed by atoms with E-state index in [1.807, 2.05) is 43.3 Å². The fourth-order valence-corrected chi connectivity index (χ4v) is 2.27. The van der Waals surface area contributed by atoms with E-state index in [0.717, 1.165) is 16.7 Å². The first-order valence-electron chi connectivity index (χ1n) is 7.22. The van der Waals surface area contributed by atoms with Crippen molar-refractivity contribution in [3.63, 3.8) is 0 Å². The van der Waals surface area contributed by atoms with Crippen molar-refractivity contribution in [3.05, 3.63) is 71.1 Å². The maximum absolute atomic E-state index is 11.4. The summed E-state index contributed by atoms with van der Waals surface area (Å²) in [7, 11) is 1.36. The van der Waals surface area contributed by atoms with Crippen LogP contribution in [-0.4, -0.2) is 23.3 Å². The number of carbonyl (C=O) groups is 1. The van der Waals surface area contributed by atoms with Crippen molar-refractivity contribution in [1.29, 1.82) is 0 Å². The van der Waals surface area contributed by atoms with Crippen LogP contribution in [0.4, 0.5) is 0 Å². The summed E-state index contributed by atoms with van der Waals surface area (Å²) < 4.78 is 10.4. The molecular formula is C18H16N2O3. The molecule has 0 aliphatic heterocycles. The smallest absolute Gasteiger partial charge is 0.337 e. The normalized spacial score (nSPS) is 10.5. The first kappa shape index (κ1) is 15.0. The Morgan fingerprint density at radius 2 is 1.91 bits per heavy atom. The molecule has 0 saturated heterocycles. The van der Waals surface area contributed by atoms with Crippen molar-refractivity contribution >= 4 is 5.97 Å². The Morgan fingerprint density at radius 3 is 2.61 bits per heavy atom. The lowest BCUT2D eigenvalue weighted by molar-refractivity contribution is 0.0600. The van der Waals surface area contributed by atoms with Crippen molar-refractivity contribution in [2.75, 3.05) is 7.11 Å². The molecule has 0 radical (unpaired) electrons. The molecular weight excluding hydrogens is 292 g/mol. The van der Waals surface area contributed by atoms with Gasteiger partial charge in [0.05, 0.1) is 19.1 Å². The van der Waals surface area contributed by atoms with E-state index in [-0.39, 0.29) is 5.97 Å². The maximum Gasteiger partial charge on any atom is 0.337 e. The lowest BCUT2D eigenvalue weighted by Crippen LogP contribution is -2.01. The van der Waals surface area contributed by atoms with Gasteiger partial charge in [-0.2, -0.15) is 0 Å². The SMILES string of the molecule is COC(=O)c1ccc(Cc2nnc(-c3cccc(C)c3)o2)cc1. The molecule has 1 heterocycles. The molecule has 5 heteroatoms. The average molecular weight is 308 g/mol. The zero-order chi connectivity index (χ0) is 16.2. The summed E-state index contributed by atoms with van der Waals surface area (Å²) in [5.41, 5.74) is 3.55. The molecule has 2 aromatic carbocycles. The van der Waals surface area contributed by atoms with E-state index in [1.165, 1.54) is 7.11 Å². The molecule has 0 aliphatic carbocycles. The monoisotopic (exact) mass is 308 g/mol. The second-order valence-electron chi connectivity index (χ2n) is 5.24. The van der Waals surface area contributed by atoms with E-state index >= 15 is 0 Å². The Morgan fingerprint density at radius 1 is 1.13 bits per heavy atom. The molecule has 1 aromatic heterocycles. The van der Waals surface area contributed by atoms with Gasteiger partial charge in [0.15, 0.2) is 0 Å². The maximum atomic E-state index is 11.4. The summed E-state index contributed by atoms with van der Waals surface area (Å²) in [5, 5.41) is 8.17. The molecule has 0 amide bonds. The highest BCUT2D eigenvalue weighted by Crippen LogP contribution is 2.20. The van der Waals surface area contributed by atoms with Crippen molar-refractivity contribution in [2.45, 2.75) is 13.3 Å². The highest BCUT2D eigenvalue weighted by molar-refractivity contribution is 5.89. The van der Waals surface area contributed by atoms with Crippen LogP contribution in [0.25, 0.3) is 11.5 Å². The van der Waals surface area contributed by atoms with E-state index in [4.69, 9.17) is 4.42 Å². The third-order valence-electron chi connectivity index (χ3n) is 3.46. The fraction of sp³-hybridized carbons (Fsp3) is 0.167. The van der Waals surface area contributed by atoms with Gasteiger partial charge in [-0.3, -0.25) is 0 Å². The summed E-state index contributed by atoms with van der Waals surface area (Å²) in [4.78, 5) is 11.4. The van der Waals surface area contributed by atoms with Gasteiger partial charge >= 0.3 is 5.97 Å². The summed E-state index contributed by atoms with van der Waals surface area (Å²) in [6, 6.07) is 15.1. The van der Waals surface area contributed by atoms with Gasteiger partial charge in [-0.05, 0) is 36.8 Å². The summed E-state index contributed by atoms with van der Waals surface area (Å²) >= 11 is 0. The minimum atomic E-state index is -0.351. The fourth-order valence-electron chi connectivity index (χ4n) is 2.27. The van der Waals surface area contributed by atoms with Gasteiger partial charge in [-0.25, -0.2) is 4.79 Å². The number of aryl methyl sites for hydroxylation is 1. The lowest BCUT2D eigenvalue weighted by atomic mass is 10.1. The van der Waals surface area contributed by atoms with Crippen LogP contribution in [0.1, 0.15) is 27.4 Å². The molecule has 0 aliphatic rings.